The Bertz CT molecular complexity index is 1210. The summed E-state index contributed by atoms with van der Waals surface area (Å²) in [5, 5.41) is 13.7. The summed E-state index contributed by atoms with van der Waals surface area (Å²) < 4.78 is 39.9. The number of nitro groups is 1. The molecular formula is C22H19F3N4O5. The van der Waals surface area contributed by atoms with Crippen molar-refractivity contribution < 1.29 is 32.5 Å². The van der Waals surface area contributed by atoms with Gasteiger partial charge in [0.05, 0.1) is 27.4 Å². The molecule has 1 atom stereocenters. The van der Waals surface area contributed by atoms with Gasteiger partial charge >= 0.3 is 6.18 Å². The number of benzene rings is 2. The lowest BCUT2D eigenvalue weighted by molar-refractivity contribution is -0.385. The summed E-state index contributed by atoms with van der Waals surface area (Å²) in [6.45, 7) is 2.43. The predicted octanol–water partition coefficient (Wildman–Crippen LogP) is 3.84. The van der Waals surface area contributed by atoms with Crippen molar-refractivity contribution in [1.29, 1.82) is 0 Å². The summed E-state index contributed by atoms with van der Waals surface area (Å²) in [5.41, 5.74) is -1.88. The van der Waals surface area contributed by atoms with E-state index in [0.29, 0.717) is 23.7 Å². The Morgan fingerprint density at radius 3 is 2.41 bits per heavy atom. The fraction of sp³-hybridized carbons (Fsp3) is 0.318. The van der Waals surface area contributed by atoms with Crippen molar-refractivity contribution in [3.05, 3.63) is 63.2 Å². The fourth-order valence-electron chi connectivity index (χ4n) is 4.19. The average molecular weight is 476 g/mol. The molecule has 0 aromatic heterocycles. The number of alkyl halides is 3. The molecule has 0 aliphatic carbocycles. The van der Waals surface area contributed by atoms with Gasteiger partial charge in [0.2, 0.25) is 5.91 Å². The predicted molar refractivity (Wildman–Crippen MR) is 115 cm³/mol. The minimum absolute atomic E-state index is 0.101. The number of nitrogens with one attached hydrogen (secondary N) is 1. The smallest absolute Gasteiger partial charge is 0.370 e. The average Bonchev–Trinajstić information content (AvgIpc) is 3.40. The molecule has 34 heavy (non-hydrogen) atoms. The van der Waals surface area contributed by atoms with Crippen molar-refractivity contribution in [3.8, 4) is 0 Å². The van der Waals surface area contributed by atoms with Crippen molar-refractivity contribution in [1.82, 2.24) is 4.90 Å². The second kappa shape index (κ2) is 8.43. The van der Waals surface area contributed by atoms with Crippen LogP contribution in [-0.4, -0.2) is 46.7 Å². The van der Waals surface area contributed by atoms with Gasteiger partial charge in [-0.1, -0.05) is 6.07 Å². The molecule has 1 N–H and O–H groups in total. The SMILES string of the molecule is CC(C(=O)Nc1cc(C(F)(F)F)ccc1N1CCCC1)N1C(=O)c2cccc([N+](=O)[O-])c2C1=O. The third-order valence-corrected chi connectivity index (χ3v) is 5.92. The highest BCUT2D eigenvalue weighted by atomic mass is 19.4. The van der Waals surface area contributed by atoms with Crippen LogP contribution in [0, 0.1) is 10.1 Å². The molecule has 4 rings (SSSR count). The number of carbonyl (C=O) groups is 3. The van der Waals surface area contributed by atoms with Gasteiger partial charge in [0.1, 0.15) is 11.6 Å². The van der Waals surface area contributed by atoms with Gasteiger partial charge in [-0.3, -0.25) is 29.4 Å². The molecule has 0 saturated carbocycles. The number of rotatable bonds is 5. The summed E-state index contributed by atoms with van der Waals surface area (Å²) in [6.07, 6.45) is -2.95. The number of amides is 3. The minimum Gasteiger partial charge on any atom is -0.370 e. The lowest BCUT2D eigenvalue weighted by Crippen LogP contribution is -2.45. The first-order valence-corrected chi connectivity index (χ1v) is 10.4. The molecule has 2 aliphatic heterocycles. The van der Waals surface area contributed by atoms with Gasteiger partial charge in [-0.2, -0.15) is 13.2 Å². The fourth-order valence-corrected chi connectivity index (χ4v) is 4.19. The van der Waals surface area contributed by atoms with E-state index in [9.17, 15) is 37.7 Å². The number of anilines is 2. The molecule has 2 aliphatic rings. The van der Waals surface area contributed by atoms with Crippen LogP contribution in [0.2, 0.25) is 0 Å². The quantitative estimate of drug-likeness (QED) is 0.399. The second-order valence-corrected chi connectivity index (χ2v) is 8.03. The Morgan fingerprint density at radius 1 is 1.12 bits per heavy atom. The van der Waals surface area contributed by atoms with Gasteiger partial charge in [0.15, 0.2) is 0 Å². The van der Waals surface area contributed by atoms with E-state index in [2.05, 4.69) is 5.32 Å². The Balaban J connectivity index is 1.64. The van der Waals surface area contributed by atoms with E-state index in [-0.39, 0.29) is 11.3 Å². The highest BCUT2D eigenvalue weighted by Gasteiger charge is 2.45. The van der Waals surface area contributed by atoms with Crippen LogP contribution in [0.3, 0.4) is 0 Å². The lowest BCUT2D eigenvalue weighted by atomic mass is 10.1. The minimum atomic E-state index is -4.64. The zero-order valence-electron chi connectivity index (χ0n) is 17.9. The molecule has 0 bridgehead atoms. The van der Waals surface area contributed by atoms with E-state index >= 15 is 0 Å². The van der Waals surface area contributed by atoms with Gasteiger partial charge < -0.3 is 10.2 Å². The van der Waals surface area contributed by atoms with Gasteiger partial charge in [-0.05, 0) is 44.0 Å². The first-order valence-electron chi connectivity index (χ1n) is 10.4. The Labute approximate surface area is 191 Å². The second-order valence-electron chi connectivity index (χ2n) is 8.03. The third-order valence-electron chi connectivity index (χ3n) is 5.92. The lowest BCUT2D eigenvalue weighted by Gasteiger charge is -2.25. The summed E-state index contributed by atoms with van der Waals surface area (Å²) in [6, 6.07) is 5.14. The number of halogens is 3. The van der Waals surface area contributed by atoms with Crippen molar-refractivity contribution in [2.45, 2.75) is 32.0 Å². The first kappa shape index (κ1) is 23.2. The standard InChI is InChI=1S/C22H19F3N4O5/c1-12(28-20(31)14-5-4-6-17(29(33)34)18(14)21(28)32)19(30)26-15-11-13(22(23,24)25)7-8-16(15)27-9-2-3-10-27/h4-8,11-12H,2-3,9-10H2,1H3,(H,26,30). The Morgan fingerprint density at radius 2 is 1.79 bits per heavy atom. The topological polar surface area (TPSA) is 113 Å². The number of fused-ring (bicyclic) bond motifs is 1. The molecular weight excluding hydrogens is 457 g/mol. The summed E-state index contributed by atoms with van der Waals surface area (Å²) in [5.74, 6) is -2.81. The number of hydrogen-bond acceptors (Lipinski definition) is 6. The van der Waals surface area contributed by atoms with Crippen LogP contribution in [0.4, 0.5) is 30.2 Å². The van der Waals surface area contributed by atoms with Gasteiger partial charge in [0.25, 0.3) is 17.5 Å². The molecule has 9 nitrogen and oxygen atoms in total. The van der Waals surface area contributed by atoms with Crippen molar-refractivity contribution in [2.24, 2.45) is 0 Å². The van der Waals surface area contributed by atoms with Crippen LogP contribution in [0.5, 0.6) is 0 Å². The molecule has 1 fully saturated rings. The zero-order valence-corrected chi connectivity index (χ0v) is 17.9. The molecule has 3 amide bonds. The summed E-state index contributed by atoms with van der Waals surface area (Å²) in [4.78, 5) is 51.5. The molecule has 12 heteroatoms. The first-order chi connectivity index (χ1) is 16.0. The normalized spacial score (nSPS) is 16.6. The van der Waals surface area contributed by atoms with Crippen LogP contribution >= 0.6 is 0 Å². The molecule has 2 aromatic carbocycles. The molecule has 1 saturated heterocycles. The van der Waals surface area contributed by atoms with Crippen molar-refractivity contribution in [2.75, 3.05) is 23.3 Å². The molecule has 178 valence electrons. The van der Waals surface area contributed by atoms with E-state index < -0.39 is 51.7 Å². The monoisotopic (exact) mass is 476 g/mol. The Kier molecular flexibility index (Phi) is 5.75. The molecule has 2 aromatic rings. The van der Waals surface area contributed by atoms with E-state index in [1.54, 1.807) is 0 Å². The maximum absolute atomic E-state index is 13.3. The van der Waals surface area contributed by atoms with Crippen LogP contribution in [0.15, 0.2) is 36.4 Å². The molecule has 0 spiro atoms. The van der Waals surface area contributed by atoms with Gasteiger partial charge in [-0.25, -0.2) is 0 Å². The number of nitrogens with zero attached hydrogens (tertiary/aromatic N) is 3. The van der Waals surface area contributed by atoms with Crippen LogP contribution in [0.25, 0.3) is 0 Å². The van der Waals surface area contributed by atoms with Crippen molar-refractivity contribution >= 4 is 34.8 Å². The molecule has 0 radical (unpaired) electrons. The van der Waals surface area contributed by atoms with Gasteiger partial charge in [0, 0.05) is 19.2 Å². The van der Waals surface area contributed by atoms with Crippen LogP contribution in [0.1, 0.15) is 46.0 Å². The number of nitro benzene ring substituents is 1. The molecule has 2 heterocycles. The van der Waals surface area contributed by atoms with Crippen molar-refractivity contribution in [3.63, 3.8) is 0 Å². The van der Waals surface area contributed by atoms with Gasteiger partial charge in [-0.15, -0.1) is 0 Å². The zero-order chi connectivity index (χ0) is 24.8. The van der Waals surface area contributed by atoms with Crippen LogP contribution < -0.4 is 10.2 Å². The number of imide groups is 1. The van der Waals surface area contributed by atoms with Crippen LogP contribution in [-0.2, 0) is 11.0 Å². The summed E-state index contributed by atoms with van der Waals surface area (Å²) >= 11 is 0. The van der Waals surface area contributed by atoms with E-state index in [0.717, 1.165) is 31.0 Å². The Hall–Kier alpha value is -3.96. The molecule has 1 unspecified atom stereocenters. The maximum atomic E-state index is 13.3. The number of hydrogen-bond donors (Lipinski definition) is 1. The van der Waals surface area contributed by atoms with E-state index in [1.165, 1.54) is 25.1 Å². The maximum Gasteiger partial charge on any atom is 0.416 e. The number of carbonyl (C=O) groups excluding carboxylic acids is 3. The van der Waals surface area contributed by atoms with E-state index in [4.69, 9.17) is 0 Å². The highest BCUT2D eigenvalue weighted by Crippen LogP contribution is 2.37. The van der Waals surface area contributed by atoms with E-state index in [1.807, 2.05) is 4.90 Å². The highest BCUT2D eigenvalue weighted by molar-refractivity contribution is 6.25. The largest absolute Gasteiger partial charge is 0.416 e. The third kappa shape index (κ3) is 3.95. The summed E-state index contributed by atoms with van der Waals surface area (Å²) in [7, 11) is 0.